The van der Waals surface area contributed by atoms with Gasteiger partial charge in [0.25, 0.3) is 5.56 Å². The molecule has 1 amide bonds. The van der Waals surface area contributed by atoms with E-state index < -0.39 is 22.6 Å². The molecule has 1 saturated heterocycles. The topological polar surface area (TPSA) is 112 Å². The van der Waals surface area contributed by atoms with Gasteiger partial charge in [0.05, 0.1) is 16.3 Å². The second-order valence-electron chi connectivity index (χ2n) is 6.61. The number of carboxylic acids is 1. The zero-order valence-corrected chi connectivity index (χ0v) is 13.8. The number of hydrogen-bond donors (Lipinski definition) is 2. The molecule has 0 saturated carbocycles. The number of carbonyl (C=O) groups excluding carboxylic acids is 1. The van der Waals surface area contributed by atoms with Crippen LogP contribution in [0.5, 0.6) is 0 Å². The molecule has 2 heterocycles. The lowest BCUT2D eigenvalue weighted by Gasteiger charge is -2.20. The molecule has 1 unspecified atom stereocenters. The lowest BCUT2D eigenvalue weighted by atomic mass is 9.90. The molecule has 3 rings (SSSR count). The molecular weight excluding hydrogens is 326 g/mol. The Labute approximate surface area is 142 Å². The summed E-state index contributed by atoms with van der Waals surface area (Å²) in [5, 5.41) is 9.63. The third-order valence-electron chi connectivity index (χ3n) is 4.80. The van der Waals surface area contributed by atoms with Crippen molar-refractivity contribution >= 4 is 22.8 Å². The number of para-hydroxylation sites is 1. The molecule has 0 bridgehead atoms. The van der Waals surface area contributed by atoms with E-state index in [4.69, 9.17) is 0 Å². The molecule has 8 nitrogen and oxygen atoms in total. The number of nitrogens with one attached hydrogen (secondary N) is 1. The molecule has 0 aliphatic carbocycles. The van der Waals surface area contributed by atoms with Gasteiger partial charge in [-0.1, -0.05) is 12.1 Å². The highest BCUT2D eigenvalue weighted by molar-refractivity contribution is 5.81. The number of benzene rings is 1. The monoisotopic (exact) mass is 345 g/mol. The van der Waals surface area contributed by atoms with E-state index in [1.807, 2.05) is 0 Å². The molecule has 1 aromatic heterocycles. The van der Waals surface area contributed by atoms with Gasteiger partial charge in [-0.3, -0.25) is 23.9 Å². The minimum absolute atomic E-state index is 0.0612. The van der Waals surface area contributed by atoms with Crippen LogP contribution in [0, 0.1) is 5.41 Å². The van der Waals surface area contributed by atoms with Crippen LogP contribution < -0.4 is 11.2 Å². The van der Waals surface area contributed by atoms with Crippen molar-refractivity contribution in [2.75, 3.05) is 13.1 Å². The summed E-state index contributed by atoms with van der Waals surface area (Å²) in [6, 6.07) is 6.70. The van der Waals surface area contributed by atoms with Gasteiger partial charge in [-0.2, -0.15) is 0 Å². The van der Waals surface area contributed by atoms with Gasteiger partial charge < -0.3 is 10.0 Å². The van der Waals surface area contributed by atoms with Crippen LogP contribution in [0.3, 0.4) is 0 Å². The van der Waals surface area contributed by atoms with Crippen molar-refractivity contribution in [3.8, 4) is 0 Å². The van der Waals surface area contributed by atoms with Crippen molar-refractivity contribution in [1.29, 1.82) is 0 Å². The largest absolute Gasteiger partial charge is 0.481 e. The fraction of sp³-hybridized carbons (Fsp3) is 0.412. The third-order valence-corrected chi connectivity index (χ3v) is 4.80. The van der Waals surface area contributed by atoms with E-state index in [9.17, 15) is 24.3 Å². The van der Waals surface area contributed by atoms with E-state index in [0.29, 0.717) is 23.9 Å². The average Bonchev–Trinajstić information content (AvgIpc) is 2.98. The van der Waals surface area contributed by atoms with Crippen molar-refractivity contribution in [3.05, 3.63) is 45.1 Å². The van der Waals surface area contributed by atoms with Gasteiger partial charge in [0, 0.05) is 26.1 Å². The summed E-state index contributed by atoms with van der Waals surface area (Å²) in [6.45, 7) is 2.31. The molecule has 132 valence electrons. The van der Waals surface area contributed by atoms with E-state index in [1.165, 1.54) is 9.47 Å². The first kappa shape index (κ1) is 16.9. The molecule has 0 radical (unpaired) electrons. The summed E-state index contributed by atoms with van der Waals surface area (Å²) >= 11 is 0. The number of likely N-dealkylation sites (tertiary alicyclic amines) is 1. The Bertz CT molecular complexity index is 961. The lowest BCUT2D eigenvalue weighted by molar-refractivity contribution is -0.147. The molecule has 1 atom stereocenters. The van der Waals surface area contributed by atoms with Gasteiger partial charge in [0.1, 0.15) is 0 Å². The Kier molecular flexibility index (Phi) is 4.20. The van der Waals surface area contributed by atoms with Crippen LogP contribution in [0.4, 0.5) is 0 Å². The Morgan fingerprint density at radius 3 is 2.68 bits per heavy atom. The van der Waals surface area contributed by atoms with E-state index >= 15 is 0 Å². The van der Waals surface area contributed by atoms with Gasteiger partial charge in [-0.15, -0.1) is 0 Å². The summed E-state index contributed by atoms with van der Waals surface area (Å²) in [6.07, 6.45) is 0.473. The van der Waals surface area contributed by atoms with Gasteiger partial charge in [-0.25, -0.2) is 4.79 Å². The van der Waals surface area contributed by atoms with E-state index in [1.54, 1.807) is 31.2 Å². The average molecular weight is 345 g/mol. The van der Waals surface area contributed by atoms with Crippen LogP contribution in [-0.2, 0) is 16.1 Å². The number of aliphatic carboxylic acids is 1. The summed E-state index contributed by atoms with van der Waals surface area (Å²) in [5.41, 5.74) is -1.47. The zero-order valence-electron chi connectivity index (χ0n) is 13.8. The zero-order chi connectivity index (χ0) is 18.2. The standard InChI is InChI=1S/C17H19N3O5/c1-17(15(23)24)7-9-19(10-17)13(21)6-8-20-12-5-3-2-4-11(12)14(22)18-16(20)25/h2-5H,6-10H2,1H3,(H,23,24)(H,18,22,25). The highest BCUT2D eigenvalue weighted by Crippen LogP contribution is 2.30. The van der Waals surface area contributed by atoms with Gasteiger partial charge in [-0.05, 0) is 25.5 Å². The molecule has 1 fully saturated rings. The molecule has 1 aliphatic heterocycles. The molecule has 1 aromatic carbocycles. The summed E-state index contributed by atoms with van der Waals surface area (Å²) in [5.74, 6) is -1.11. The Morgan fingerprint density at radius 1 is 1.28 bits per heavy atom. The number of aromatic nitrogens is 2. The molecule has 0 spiro atoms. The van der Waals surface area contributed by atoms with Crippen LogP contribution in [0.2, 0.25) is 0 Å². The molecule has 1 aliphatic rings. The lowest BCUT2D eigenvalue weighted by Crippen LogP contribution is -2.36. The number of carboxylic acid groups (broad SMARTS) is 1. The number of hydrogen-bond acceptors (Lipinski definition) is 4. The predicted molar refractivity (Wildman–Crippen MR) is 90.4 cm³/mol. The number of aromatic amines is 1. The minimum atomic E-state index is -0.919. The number of carbonyl (C=O) groups is 2. The van der Waals surface area contributed by atoms with Crippen LogP contribution >= 0.6 is 0 Å². The predicted octanol–water partition coefficient (Wildman–Crippen LogP) is 0.403. The Balaban J connectivity index is 1.78. The summed E-state index contributed by atoms with van der Waals surface area (Å²) in [4.78, 5) is 51.4. The summed E-state index contributed by atoms with van der Waals surface area (Å²) in [7, 11) is 0. The van der Waals surface area contributed by atoms with Crippen LogP contribution in [0.1, 0.15) is 19.8 Å². The van der Waals surface area contributed by atoms with E-state index in [0.717, 1.165) is 0 Å². The fourth-order valence-corrected chi connectivity index (χ4v) is 3.18. The SMILES string of the molecule is CC1(C(=O)O)CCN(C(=O)CCn2c(=O)[nH]c(=O)c3ccccc32)C1. The number of aryl methyl sites for hydroxylation is 1. The first-order valence-corrected chi connectivity index (χ1v) is 8.05. The van der Waals surface area contributed by atoms with E-state index in [-0.39, 0.29) is 25.4 Å². The first-order valence-electron chi connectivity index (χ1n) is 8.05. The normalized spacial score (nSPS) is 20.1. The minimum Gasteiger partial charge on any atom is -0.481 e. The van der Waals surface area contributed by atoms with Crippen molar-refractivity contribution < 1.29 is 14.7 Å². The van der Waals surface area contributed by atoms with Crippen LogP contribution in [-0.4, -0.2) is 44.5 Å². The smallest absolute Gasteiger partial charge is 0.328 e. The number of rotatable bonds is 4. The van der Waals surface area contributed by atoms with Crippen molar-refractivity contribution in [2.45, 2.75) is 26.3 Å². The second kappa shape index (κ2) is 6.19. The molecule has 8 heteroatoms. The quantitative estimate of drug-likeness (QED) is 0.833. The number of H-pyrrole nitrogens is 1. The highest BCUT2D eigenvalue weighted by Gasteiger charge is 2.41. The van der Waals surface area contributed by atoms with E-state index in [2.05, 4.69) is 4.98 Å². The van der Waals surface area contributed by atoms with Gasteiger partial charge in [0.15, 0.2) is 0 Å². The third kappa shape index (κ3) is 3.07. The van der Waals surface area contributed by atoms with Crippen LogP contribution in [0.15, 0.2) is 33.9 Å². The van der Waals surface area contributed by atoms with Crippen LogP contribution in [0.25, 0.3) is 10.9 Å². The van der Waals surface area contributed by atoms with Gasteiger partial charge in [0.2, 0.25) is 5.91 Å². The number of amides is 1. The maximum absolute atomic E-state index is 12.4. The Hall–Kier alpha value is -2.90. The maximum Gasteiger partial charge on any atom is 0.328 e. The van der Waals surface area contributed by atoms with Crippen molar-refractivity contribution in [2.24, 2.45) is 5.41 Å². The number of fused-ring (bicyclic) bond motifs is 1. The number of nitrogens with zero attached hydrogens (tertiary/aromatic N) is 2. The van der Waals surface area contributed by atoms with Crippen molar-refractivity contribution in [1.82, 2.24) is 14.5 Å². The second-order valence-corrected chi connectivity index (χ2v) is 6.61. The fourth-order valence-electron chi connectivity index (χ4n) is 3.18. The molecule has 25 heavy (non-hydrogen) atoms. The highest BCUT2D eigenvalue weighted by atomic mass is 16.4. The molecule has 2 aromatic rings. The van der Waals surface area contributed by atoms with Gasteiger partial charge >= 0.3 is 11.7 Å². The van der Waals surface area contributed by atoms with Crippen molar-refractivity contribution in [3.63, 3.8) is 0 Å². The molecular formula is C17H19N3O5. The summed E-state index contributed by atoms with van der Waals surface area (Å²) < 4.78 is 1.36. The molecule has 2 N–H and O–H groups in total. The Morgan fingerprint density at radius 2 is 2.00 bits per heavy atom. The first-order chi connectivity index (χ1) is 11.8. The maximum atomic E-state index is 12.4.